The molecule has 2 aromatic carbocycles. The van der Waals surface area contributed by atoms with Crippen molar-refractivity contribution in [2.45, 2.75) is 17.3 Å². The van der Waals surface area contributed by atoms with Gasteiger partial charge in [0.25, 0.3) is 0 Å². The Hall–Kier alpha value is -2.86. The smallest absolute Gasteiger partial charge is 0.200 e. The van der Waals surface area contributed by atoms with Crippen LogP contribution in [-0.2, 0) is 7.05 Å². The minimum Gasteiger partial charge on any atom is -0.453 e. The summed E-state index contributed by atoms with van der Waals surface area (Å²) in [5.74, 6) is 1.38. The minimum absolute atomic E-state index is 0.0730. The number of fused-ring (bicyclic) bond motifs is 1. The molecular weight excluding hydrogens is 346 g/mol. The van der Waals surface area contributed by atoms with Crippen LogP contribution in [-0.4, -0.2) is 25.8 Å². The highest BCUT2D eigenvalue weighted by Gasteiger charge is 2.21. The molecule has 130 valence electrons. The molecule has 0 bridgehead atoms. The quantitative estimate of drug-likeness (QED) is 0.383. The van der Waals surface area contributed by atoms with Gasteiger partial charge in [0.15, 0.2) is 22.5 Å². The second-order valence-electron chi connectivity index (χ2n) is 6.00. The monoisotopic (exact) mass is 363 g/mol. The van der Waals surface area contributed by atoms with Gasteiger partial charge in [-0.05, 0) is 19.1 Å². The predicted octanol–water partition coefficient (Wildman–Crippen LogP) is 4.59. The first-order valence-corrected chi connectivity index (χ1v) is 9.15. The molecule has 4 rings (SSSR count). The minimum atomic E-state index is -0.260. The number of hydrogen-bond donors (Lipinski definition) is 0. The maximum absolute atomic E-state index is 12.6. The lowest BCUT2D eigenvalue weighted by atomic mass is 10.1. The fourth-order valence-electron chi connectivity index (χ4n) is 2.77. The fraction of sp³-hybridized carbons (Fsp3) is 0.150. The lowest BCUT2D eigenvalue weighted by molar-refractivity contribution is 0.0994. The van der Waals surface area contributed by atoms with E-state index in [1.165, 1.54) is 11.8 Å². The van der Waals surface area contributed by atoms with Crippen LogP contribution in [0.1, 0.15) is 17.3 Å². The van der Waals surface area contributed by atoms with E-state index in [0.717, 1.165) is 11.0 Å². The van der Waals surface area contributed by atoms with Gasteiger partial charge in [-0.25, -0.2) is 0 Å². The summed E-state index contributed by atoms with van der Waals surface area (Å²) in [7, 11) is 1.88. The average Bonchev–Trinajstić information content (AvgIpc) is 3.25. The second-order valence-corrected chi connectivity index (χ2v) is 7.31. The molecule has 0 aliphatic heterocycles. The molecule has 0 aliphatic carbocycles. The molecule has 6 heteroatoms. The lowest BCUT2D eigenvalue weighted by Gasteiger charge is -2.09. The Bertz CT molecular complexity index is 1040. The fourth-order valence-corrected chi connectivity index (χ4v) is 3.66. The van der Waals surface area contributed by atoms with Crippen molar-refractivity contribution in [1.82, 2.24) is 14.8 Å². The van der Waals surface area contributed by atoms with Gasteiger partial charge in [0.2, 0.25) is 0 Å². The normalized spacial score (nSPS) is 12.4. The van der Waals surface area contributed by atoms with Gasteiger partial charge in [-0.2, -0.15) is 0 Å². The van der Waals surface area contributed by atoms with Gasteiger partial charge < -0.3 is 8.98 Å². The van der Waals surface area contributed by atoms with Crippen molar-refractivity contribution < 1.29 is 9.21 Å². The number of benzene rings is 2. The van der Waals surface area contributed by atoms with Crippen LogP contribution in [0.3, 0.4) is 0 Å². The highest BCUT2D eigenvalue weighted by atomic mass is 32.2. The summed E-state index contributed by atoms with van der Waals surface area (Å²) in [5, 5.41) is 9.93. The Morgan fingerprint density at radius 1 is 1.08 bits per heavy atom. The predicted molar refractivity (Wildman–Crippen MR) is 102 cm³/mol. The van der Waals surface area contributed by atoms with E-state index in [9.17, 15) is 4.79 Å². The maximum atomic E-state index is 12.6. The van der Waals surface area contributed by atoms with Crippen molar-refractivity contribution in [3.63, 3.8) is 0 Å². The van der Waals surface area contributed by atoms with Crippen LogP contribution >= 0.6 is 11.8 Å². The Morgan fingerprint density at radius 2 is 1.81 bits per heavy atom. The van der Waals surface area contributed by atoms with Gasteiger partial charge in [-0.1, -0.05) is 60.3 Å². The molecule has 5 nitrogen and oxygen atoms in total. The van der Waals surface area contributed by atoms with Gasteiger partial charge in [0, 0.05) is 18.0 Å². The van der Waals surface area contributed by atoms with Crippen LogP contribution < -0.4 is 0 Å². The summed E-state index contributed by atoms with van der Waals surface area (Å²) < 4.78 is 7.73. The standard InChI is InChI=1S/C20H17N3O2S/c1-13(18(24)14-8-4-3-5-9-14)26-20-22-21-19(23(20)2)17-12-15-10-6-7-11-16(15)25-17/h3-13H,1-2H3. The number of carbonyl (C=O) groups excluding carboxylic acids is 1. The summed E-state index contributed by atoms with van der Waals surface area (Å²) in [5.41, 5.74) is 1.51. The number of ketones is 1. The zero-order valence-corrected chi connectivity index (χ0v) is 15.2. The summed E-state index contributed by atoms with van der Waals surface area (Å²) in [6.45, 7) is 1.88. The van der Waals surface area contributed by atoms with E-state index in [0.29, 0.717) is 22.3 Å². The van der Waals surface area contributed by atoms with Crippen molar-refractivity contribution in [1.29, 1.82) is 0 Å². The first-order chi connectivity index (χ1) is 12.6. The molecule has 0 spiro atoms. The van der Waals surface area contributed by atoms with E-state index in [-0.39, 0.29) is 11.0 Å². The zero-order chi connectivity index (χ0) is 18.1. The third kappa shape index (κ3) is 3.04. The average molecular weight is 363 g/mol. The van der Waals surface area contributed by atoms with E-state index < -0.39 is 0 Å². The highest BCUT2D eigenvalue weighted by molar-refractivity contribution is 8.00. The maximum Gasteiger partial charge on any atom is 0.200 e. The molecule has 0 radical (unpaired) electrons. The third-order valence-electron chi connectivity index (χ3n) is 4.19. The van der Waals surface area contributed by atoms with Gasteiger partial charge >= 0.3 is 0 Å². The number of rotatable bonds is 5. The highest BCUT2D eigenvalue weighted by Crippen LogP contribution is 2.30. The number of carbonyl (C=O) groups is 1. The number of nitrogens with zero attached hydrogens (tertiary/aromatic N) is 3. The molecule has 4 aromatic rings. The molecule has 2 aromatic heterocycles. The van der Waals surface area contributed by atoms with E-state index in [1.54, 1.807) is 0 Å². The van der Waals surface area contributed by atoms with Crippen LogP contribution in [0.4, 0.5) is 0 Å². The third-order valence-corrected chi connectivity index (χ3v) is 5.32. The summed E-state index contributed by atoms with van der Waals surface area (Å²) >= 11 is 1.39. The van der Waals surface area contributed by atoms with Gasteiger partial charge in [-0.15, -0.1) is 10.2 Å². The summed E-state index contributed by atoms with van der Waals surface area (Å²) in [6.07, 6.45) is 0. The van der Waals surface area contributed by atoms with E-state index in [2.05, 4.69) is 10.2 Å². The molecule has 0 N–H and O–H groups in total. The van der Waals surface area contributed by atoms with Crippen LogP contribution in [0.5, 0.6) is 0 Å². The molecule has 0 aliphatic rings. The summed E-state index contributed by atoms with van der Waals surface area (Å²) in [6, 6.07) is 19.1. The molecule has 2 heterocycles. The molecule has 0 saturated carbocycles. The molecule has 1 atom stereocenters. The topological polar surface area (TPSA) is 60.9 Å². The first kappa shape index (κ1) is 16.6. The van der Waals surface area contributed by atoms with Gasteiger partial charge in [0.05, 0.1) is 5.25 Å². The van der Waals surface area contributed by atoms with Crippen molar-refractivity contribution in [3.8, 4) is 11.6 Å². The Kier molecular flexibility index (Phi) is 4.34. The molecule has 1 unspecified atom stereocenters. The van der Waals surface area contributed by atoms with Crippen LogP contribution in [0.2, 0.25) is 0 Å². The molecule has 0 fully saturated rings. The van der Waals surface area contributed by atoms with Crippen molar-refractivity contribution in [2.24, 2.45) is 7.05 Å². The Morgan fingerprint density at radius 3 is 2.58 bits per heavy atom. The number of Topliss-reactive ketones (excluding diaryl/α,β-unsaturated/α-hetero) is 1. The van der Waals surface area contributed by atoms with Gasteiger partial charge in [-0.3, -0.25) is 4.79 Å². The Balaban J connectivity index is 1.58. The van der Waals surface area contributed by atoms with Gasteiger partial charge in [0.1, 0.15) is 5.58 Å². The first-order valence-electron chi connectivity index (χ1n) is 8.28. The number of furan rings is 1. The van der Waals surface area contributed by atoms with Crippen molar-refractivity contribution in [2.75, 3.05) is 0 Å². The number of hydrogen-bond acceptors (Lipinski definition) is 5. The summed E-state index contributed by atoms with van der Waals surface area (Å²) in [4.78, 5) is 12.6. The van der Waals surface area contributed by atoms with Crippen molar-refractivity contribution >= 4 is 28.5 Å². The molecule has 26 heavy (non-hydrogen) atoms. The lowest BCUT2D eigenvalue weighted by Crippen LogP contribution is -2.14. The second kappa shape index (κ2) is 6.80. The van der Waals surface area contributed by atoms with Crippen molar-refractivity contribution in [3.05, 3.63) is 66.2 Å². The number of aromatic nitrogens is 3. The molecule has 0 saturated heterocycles. The van der Waals surface area contributed by atoms with E-state index in [4.69, 9.17) is 4.42 Å². The number of thioether (sulfide) groups is 1. The molecule has 0 amide bonds. The largest absolute Gasteiger partial charge is 0.453 e. The SMILES string of the molecule is CC(Sc1nnc(-c2cc3ccccc3o2)n1C)C(=O)c1ccccc1. The van der Waals surface area contributed by atoms with E-state index in [1.807, 2.05) is 79.2 Å². The number of para-hydroxylation sites is 1. The molecular formula is C20H17N3O2S. The Labute approximate surface area is 155 Å². The van der Waals surface area contributed by atoms with Crippen LogP contribution in [0.25, 0.3) is 22.6 Å². The van der Waals surface area contributed by atoms with E-state index >= 15 is 0 Å². The van der Waals surface area contributed by atoms with Crippen LogP contribution in [0, 0.1) is 0 Å². The van der Waals surface area contributed by atoms with Crippen LogP contribution in [0.15, 0.2) is 70.2 Å². The zero-order valence-electron chi connectivity index (χ0n) is 14.4.